The van der Waals surface area contributed by atoms with Crippen molar-refractivity contribution in [1.29, 1.82) is 0 Å². The summed E-state index contributed by atoms with van der Waals surface area (Å²) in [6, 6.07) is 4.12. The summed E-state index contributed by atoms with van der Waals surface area (Å²) >= 11 is 0. The third-order valence-electron chi connectivity index (χ3n) is 3.85. The fourth-order valence-electron chi connectivity index (χ4n) is 2.71. The van der Waals surface area contributed by atoms with Crippen molar-refractivity contribution in [2.75, 3.05) is 13.1 Å². The number of rotatable bonds is 2. The number of aromatic nitrogens is 2. The molecule has 1 fully saturated rings. The van der Waals surface area contributed by atoms with Crippen molar-refractivity contribution in [1.82, 2.24) is 14.3 Å². The summed E-state index contributed by atoms with van der Waals surface area (Å²) in [7, 11) is 0. The molecule has 96 valence electrons. The van der Waals surface area contributed by atoms with Crippen molar-refractivity contribution in [3.8, 4) is 5.75 Å². The monoisotopic (exact) mass is 245 g/mol. The molecule has 0 spiro atoms. The first-order valence-electron chi connectivity index (χ1n) is 6.56. The van der Waals surface area contributed by atoms with Gasteiger partial charge in [-0.2, -0.15) is 0 Å². The van der Waals surface area contributed by atoms with Crippen LogP contribution in [0.2, 0.25) is 0 Å². The maximum atomic E-state index is 9.77. The molecule has 1 unspecified atom stereocenters. The van der Waals surface area contributed by atoms with Crippen LogP contribution in [0.4, 0.5) is 0 Å². The first kappa shape index (κ1) is 11.5. The fraction of sp³-hybridized carbons (Fsp3) is 0.500. The van der Waals surface area contributed by atoms with Gasteiger partial charge in [-0.25, -0.2) is 4.98 Å². The molecule has 0 aliphatic carbocycles. The molecule has 0 aromatic carbocycles. The van der Waals surface area contributed by atoms with Crippen LogP contribution >= 0.6 is 0 Å². The summed E-state index contributed by atoms with van der Waals surface area (Å²) in [5.41, 5.74) is 1.76. The normalized spacial score (nSPS) is 21.2. The molecule has 2 aromatic heterocycles. The zero-order valence-electron chi connectivity index (χ0n) is 10.9. The molecular weight excluding hydrogens is 226 g/mol. The summed E-state index contributed by atoms with van der Waals surface area (Å²) < 4.78 is 1.91. The lowest BCUT2D eigenvalue weighted by Gasteiger charge is -2.19. The van der Waals surface area contributed by atoms with E-state index in [9.17, 15) is 5.11 Å². The van der Waals surface area contributed by atoms with Gasteiger partial charge in [-0.3, -0.25) is 0 Å². The molecule has 1 N–H and O–H groups in total. The molecule has 0 amide bonds. The number of hydrogen-bond acceptors (Lipinski definition) is 3. The van der Waals surface area contributed by atoms with Crippen LogP contribution in [0.5, 0.6) is 5.75 Å². The van der Waals surface area contributed by atoms with Crippen LogP contribution in [0.1, 0.15) is 31.9 Å². The first-order valence-corrected chi connectivity index (χ1v) is 6.56. The van der Waals surface area contributed by atoms with Crippen LogP contribution in [0.3, 0.4) is 0 Å². The van der Waals surface area contributed by atoms with Crippen LogP contribution in [0, 0.1) is 0 Å². The van der Waals surface area contributed by atoms with E-state index in [4.69, 9.17) is 0 Å². The number of likely N-dealkylation sites (tertiary alicyclic amines) is 1. The van der Waals surface area contributed by atoms with E-state index in [1.165, 1.54) is 0 Å². The lowest BCUT2D eigenvalue weighted by atomic mass is 10.1. The zero-order chi connectivity index (χ0) is 12.7. The second-order valence-electron chi connectivity index (χ2n) is 5.36. The minimum atomic E-state index is 0.252. The van der Waals surface area contributed by atoms with Gasteiger partial charge < -0.3 is 14.4 Å². The Bertz CT molecular complexity index is 561. The van der Waals surface area contributed by atoms with Gasteiger partial charge in [0.2, 0.25) is 0 Å². The van der Waals surface area contributed by atoms with Gasteiger partial charge in [0.15, 0.2) is 11.4 Å². The Morgan fingerprint density at radius 3 is 2.94 bits per heavy atom. The predicted octanol–water partition coefficient (Wildman–Crippen LogP) is 2.24. The highest BCUT2D eigenvalue weighted by Gasteiger charge is 2.27. The standard InChI is InChI=1S/C14H19N3O/c1-10(2)16-7-5-11(8-16)12-9-17-6-3-4-13(18)14(17)15-12/h3-4,6,9-11,18H,5,7-8H2,1-2H3. The molecule has 4 heteroatoms. The molecule has 3 heterocycles. The smallest absolute Gasteiger partial charge is 0.179 e. The Morgan fingerprint density at radius 2 is 2.28 bits per heavy atom. The number of nitrogens with zero attached hydrogens (tertiary/aromatic N) is 3. The van der Waals surface area contributed by atoms with Crippen LogP contribution < -0.4 is 0 Å². The summed E-state index contributed by atoms with van der Waals surface area (Å²) in [5.74, 6) is 0.745. The van der Waals surface area contributed by atoms with Crippen molar-refractivity contribution in [2.24, 2.45) is 0 Å². The third kappa shape index (κ3) is 1.86. The van der Waals surface area contributed by atoms with E-state index in [2.05, 4.69) is 23.7 Å². The third-order valence-corrected chi connectivity index (χ3v) is 3.85. The van der Waals surface area contributed by atoms with E-state index >= 15 is 0 Å². The number of hydrogen-bond donors (Lipinski definition) is 1. The topological polar surface area (TPSA) is 40.8 Å². The van der Waals surface area contributed by atoms with E-state index in [1.54, 1.807) is 6.07 Å². The van der Waals surface area contributed by atoms with Gasteiger partial charge in [0.05, 0.1) is 5.69 Å². The molecule has 1 atom stereocenters. The van der Waals surface area contributed by atoms with E-state index in [0.29, 0.717) is 17.6 Å². The summed E-state index contributed by atoms with van der Waals surface area (Å²) in [4.78, 5) is 7.06. The van der Waals surface area contributed by atoms with E-state index in [0.717, 1.165) is 25.2 Å². The summed E-state index contributed by atoms with van der Waals surface area (Å²) in [6.07, 6.45) is 5.13. The highest BCUT2D eigenvalue weighted by Crippen LogP contribution is 2.29. The molecule has 3 rings (SSSR count). The molecule has 1 aliphatic heterocycles. The zero-order valence-corrected chi connectivity index (χ0v) is 10.9. The van der Waals surface area contributed by atoms with Crippen molar-refractivity contribution >= 4 is 5.65 Å². The average Bonchev–Trinajstić information content (AvgIpc) is 2.95. The predicted molar refractivity (Wildman–Crippen MR) is 70.9 cm³/mol. The van der Waals surface area contributed by atoms with E-state index < -0.39 is 0 Å². The van der Waals surface area contributed by atoms with Gasteiger partial charge >= 0.3 is 0 Å². The molecule has 1 aliphatic rings. The van der Waals surface area contributed by atoms with Gasteiger partial charge in [-0.15, -0.1) is 0 Å². The minimum absolute atomic E-state index is 0.252. The fourth-order valence-corrected chi connectivity index (χ4v) is 2.71. The average molecular weight is 245 g/mol. The van der Waals surface area contributed by atoms with Crippen LogP contribution in [-0.2, 0) is 0 Å². The number of aromatic hydroxyl groups is 1. The first-order chi connectivity index (χ1) is 8.65. The van der Waals surface area contributed by atoms with Gasteiger partial charge in [0, 0.05) is 30.9 Å². The van der Waals surface area contributed by atoms with Crippen molar-refractivity contribution < 1.29 is 5.11 Å². The second kappa shape index (κ2) is 4.28. The van der Waals surface area contributed by atoms with Crippen LogP contribution in [0.15, 0.2) is 24.5 Å². The number of pyridine rings is 1. The van der Waals surface area contributed by atoms with Crippen molar-refractivity contribution in [3.05, 3.63) is 30.2 Å². The molecular formula is C14H19N3O. The molecule has 0 saturated carbocycles. The summed E-state index contributed by atoms with van der Waals surface area (Å²) in [6.45, 7) is 6.68. The Balaban J connectivity index is 1.89. The molecule has 0 radical (unpaired) electrons. The molecule has 4 nitrogen and oxygen atoms in total. The molecule has 0 bridgehead atoms. The van der Waals surface area contributed by atoms with Crippen LogP contribution in [0.25, 0.3) is 5.65 Å². The second-order valence-corrected chi connectivity index (χ2v) is 5.36. The highest BCUT2D eigenvalue weighted by atomic mass is 16.3. The Kier molecular flexibility index (Phi) is 2.74. The highest BCUT2D eigenvalue weighted by molar-refractivity contribution is 5.53. The Hall–Kier alpha value is -1.55. The quantitative estimate of drug-likeness (QED) is 0.882. The lowest BCUT2D eigenvalue weighted by Crippen LogP contribution is -2.27. The van der Waals surface area contributed by atoms with Gasteiger partial charge in [-0.05, 0) is 38.9 Å². The minimum Gasteiger partial charge on any atom is -0.504 e. The SMILES string of the molecule is CC(C)N1CCC(c2cn3cccc(O)c3n2)C1. The molecule has 18 heavy (non-hydrogen) atoms. The van der Waals surface area contributed by atoms with Gasteiger partial charge in [0.1, 0.15) is 0 Å². The maximum Gasteiger partial charge on any atom is 0.179 e. The maximum absolute atomic E-state index is 9.77. The van der Waals surface area contributed by atoms with Crippen molar-refractivity contribution in [3.63, 3.8) is 0 Å². The van der Waals surface area contributed by atoms with Gasteiger partial charge in [-0.1, -0.05) is 0 Å². The van der Waals surface area contributed by atoms with Gasteiger partial charge in [0.25, 0.3) is 0 Å². The van der Waals surface area contributed by atoms with E-state index in [-0.39, 0.29) is 5.75 Å². The Labute approximate surface area is 107 Å². The van der Waals surface area contributed by atoms with Crippen LogP contribution in [-0.4, -0.2) is 38.5 Å². The molecule has 2 aromatic rings. The largest absolute Gasteiger partial charge is 0.504 e. The van der Waals surface area contributed by atoms with Crippen molar-refractivity contribution in [2.45, 2.75) is 32.2 Å². The Morgan fingerprint density at radius 1 is 1.44 bits per heavy atom. The van der Waals surface area contributed by atoms with E-state index in [1.807, 2.05) is 22.9 Å². The number of fused-ring (bicyclic) bond motifs is 1. The molecule has 1 saturated heterocycles. The number of imidazole rings is 1. The summed E-state index contributed by atoms with van der Waals surface area (Å²) in [5, 5.41) is 9.77. The lowest BCUT2D eigenvalue weighted by molar-refractivity contribution is 0.272.